The van der Waals surface area contributed by atoms with Crippen LogP contribution >= 0.6 is 0 Å². The number of hydrogen-bond acceptors (Lipinski definition) is 3. The minimum Gasteiger partial charge on any atom is -0.480 e. The number of hydrogen-bond donors (Lipinski definition) is 2. The number of aliphatic imine (C=N–C) groups is 1. The molecule has 1 unspecified atom stereocenters. The number of carbonyl (C=O) groups is 1. The Morgan fingerprint density at radius 1 is 1.60 bits per heavy atom. The number of allylic oxidation sites excluding steroid dienone is 4. The van der Waals surface area contributed by atoms with Crippen molar-refractivity contribution >= 4 is 11.7 Å². The Morgan fingerprint density at radius 2 is 2.40 bits per heavy atom. The monoisotopic (exact) mass is 204 g/mol. The average Bonchev–Trinajstić information content (AvgIpc) is 2.62. The first-order valence-electron chi connectivity index (χ1n) is 4.78. The largest absolute Gasteiger partial charge is 0.480 e. The summed E-state index contributed by atoms with van der Waals surface area (Å²) >= 11 is 0. The van der Waals surface area contributed by atoms with Crippen molar-refractivity contribution in [1.29, 1.82) is 0 Å². The zero-order valence-corrected chi connectivity index (χ0v) is 8.13. The van der Waals surface area contributed by atoms with Crippen molar-refractivity contribution in [3.63, 3.8) is 0 Å². The molecule has 4 heteroatoms. The Labute approximate surface area is 87.5 Å². The van der Waals surface area contributed by atoms with E-state index in [1.54, 1.807) is 6.20 Å². The Bertz CT molecular complexity index is 405. The van der Waals surface area contributed by atoms with Crippen molar-refractivity contribution < 1.29 is 9.90 Å². The van der Waals surface area contributed by atoms with E-state index in [1.807, 2.05) is 24.3 Å². The predicted octanol–water partition coefficient (Wildman–Crippen LogP) is 0.869. The van der Waals surface area contributed by atoms with Crippen molar-refractivity contribution in [3.8, 4) is 0 Å². The van der Waals surface area contributed by atoms with Crippen molar-refractivity contribution in [2.75, 3.05) is 0 Å². The van der Waals surface area contributed by atoms with Gasteiger partial charge in [-0.1, -0.05) is 18.2 Å². The van der Waals surface area contributed by atoms with Gasteiger partial charge in [0.25, 0.3) is 0 Å². The molecule has 0 saturated heterocycles. The highest BCUT2D eigenvalue weighted by Crippen LogP contribution is 2.27. The van der Waals surface area contributed by atoms with Gasteiger partial charge in [0.15, 0.2) is 0 Å². The van der Waals surface area contributed by atoms with Gasteiger partial charge in [-0.15, -0.1) is 0 Å². The van der Waals surface area contributed by atoms with Crippen molar-refractivity contribution in [2.24, 2.45) is 16.6 Å². The van der Waals surface area contributed by atoms with E-state index in [0.717, 1.165) is 11.3 Å². The van der Waals surface area contributed by atoms with E-state index in [-0.39, 0.29) is 5.92 Å². The maximum atomic E-state index is 10.6. The lowest BCUT2D eigenvalue weighted by Crippen LogP contribution is -2.31. The second-order valence-corrected chi connectivity index (χ2v) is 3.63. The number of nitrogens with two attached hydrogens (primary N) is 1. The summed E-state index contributed by atoms with van der Waals surface area (Å²) in [6.45, 7) is 0. The molecule has 1 aliphatic heterocycles. The fraction of sp³-hybridized carbons (Fsp3) is 0.273. The van der Waals surface area contributed by atoms with Gasteiger partial charge < -0.3 is 10.8 Å². The average molecular weight is 204 g/mol. The summed E-state index contributed by atoms with van der Waals surface area (Å²) in [5.74, 6) is -0.847. The number of fused-ring (bicyclic) bond motifs is 1. The Balaban J connectivity index is 2.06. The van der Waals surface area contributed by atoms with Gasteiger partial charge in [-0.25, -0.2) is 0 Å². The van der Waals surface area contributed by atoms with Gasteiger partial charge in [0.1, 0.15) is 6.04 Å². The number of carboxylic acid groups (broad SMARTS) is 1. The summed E-state index contributed by atoms with van der Waals surface area (Å²) in [7, 11) is 0. The first-order chi connectivity index (χ1) is 7.18. The van der Waals surface area contributed by atoms with Gasteiger partial charge in [0.05, 0.1) is 5.71 Å². The number of aliphatic carboxylic acids is 1. The molecule has 0 fully saturated rings. The Kier molecular flexibility index (Phi) is 2.51. The van der Waals surface area contributed by atoms with E-state index in [4.69, 9.17) is 10.8 Å². The maximum Gasteiger partial charge on any atom is 0.320 e. The maximum absolute atomic E-state index is 10.6. The van der Waals surface area contributed by atoms with Gasteiger partial charge >= 0.3 is 5.97 Å². The third kappa shape index (κ3) is 1.89. The summed E-state index contributed by atoms with van der Waals surface area (Å²) in [5.41, 5.74) is 7.42. The number of nitrogens with zero attached hydrogens (tertiary/aromatic N) is 1. The predicted molar refractivity (Wildman–Crippen MR) is 57.5 cm³/mol. The second-order valence-electron chi connectivity index (χ2n) is 3.63. The molecule has 0 saturated carbocycles. The first-order valence-corrected chi connectivity index (χ1v) is 4.78. The first kappa shape index (κ1) is 9.86. The van der Waals surface area contributed by atoms with Crippen LogP contribution in [0.3, 0.4) is 0 Å². The molecule has 0 bridgehead atoms. The molecular weight excluding hydrogens is 192 g/mol. The molecule has 2 aliphatic rings. The van der Waals surface area contributed by atoms with Crippen molar-refractivity contribution in [2.45, 2.75) is 12.5 Å². The lowest BCUT2D eigenvalue weighted by Gasteiger charge is -2.15. The highest BCUT2D eigenvalue weighted by Gasteiger charge is 2.25. The molecular formula is C11H12N2O2. The van der Waals surface area contributed by atoms with Crippen LogP contribution < -0.4 is 5.73 Å². The molecule has 4 nitrogen and oxygen atoms in total. The van der Waals surface area contributed by atoms with Crippen LogP contribution in [-0.2, 0) is 4.79 Å². The lowest BCUT2D eigenvalue weighted by atomic mass is 9.89. The Morgan fingerprint density at radius 3 is 3.13 bits per heavy atom. The second kappa shape index (κ2) is 3.82. The SMILES string of the molecule is N[C@H](CC1=CN=C2C=CC=CC12)C(=O)O. The zero-order chi connectivity index (χ0) is 10.8. The standard InChI is InChI=1S/C11H12N2O2/c12-9(11(14)15)5-7-6-13-10-4-2-1-3-8(7)10/h1-4,6,8-9H,5,12H2,(H,14,15)/t8?,9-/m1/s1. The van der Waals surface area contributed by atoms with Crippen LogP contribution in [0.2, 0.25) is 0 Å². The van der Waals surface area contributed by atoms with E-state index < -0.39 is 12.0 Å². The molecule has 0 amide bonds. The van der Waals surface area contributed by atoms with Crippen molar-refractivity contribution in [3.05, 3.63) is 36.1 Å². The van der Waals surface area contributed by atoms with Gasteiger partial charge in [0, 0.05) is 12.1 Å². The van der Waals surface area contributed by atoms with E-state index in [9.17, 15) is 4.79 Å². The van der Waals surface area contributed by atoms with Gasteiger partial charge in [-0.05, 0) is 18.1 Å². The highest BCUT2D eigenvalue weighted by molar-refractivity contribution is 6.03. The molecule has 0 aromatic heterocycles. The molecule has 3 N–H and O–H groups in total. The molecule has 0 spiro atoms. The molecule has 0 aromatic rings. The van der Waals surface area contributed by atoms with Crippen molar-refractivity contribution in [1.82, 2.24) is 0 Å². The van der Waals surface area contributed by atoms with E-state index in [2.05, 4.69) is 4.99 Å². The summed E-state index contributed by atoms with van der Waals surface area (Å²) in [6, 6.07) is -0.842. The Hall–Kier alpha value is -1.68. The van der Waals surface area contributed by atoms with Crippen LogP contribution in [-0.4, -0.2) is 22.8 Å². The molecule has 0 aromatic carbocycles. The minimum absolute atomic E-state index is 0.125. The molecule has 78 valence electrons. The van der Waals surface area contributed by atoms with E-state index in [1.165, 1.54) is 0 Å². The van der Waals surface area contributed by atoms with Gasteiger partial charge in [-0.2, -0.15) is 0 Å². The summed E-state index contributed by atoms with van der Waals surface area (Å²) < 4.78 is 0. The normalized spacial score (nSPS) is 24.5. The van der Waals surface area contributed by atoms with E-state index in [0.29, 0.717) is 6.42 Å². The topological polar surface area (TPSA) is 75.7 Å². The van der Waals surface area contributed by atoms with Crippen LogP contribution in [0.5, 0.6) is 0 Å². The quantitative estimate of drug-likeness (QED) is 0.716. The highest BCUT2D eigenvalue weighted by atomic mass is 16.4. The molecule has 0 radical (unpaired) electrons. The van der Waals surface area contributed by atoms with Crippen LogP contribution in [0.25, 0.3) is 0 Å². The smallest absolute Gasteiger partial charge is 0.320 e. The molecule has 15 heavy (non-hydrogen) atoms. The summed E-state index contributed by atoms with van der Waals surface area (Å²) in [4.78, 5) is 14.8. The molecule has 2 rings (SSSR count). The zero-order valence-electron chi connectivity index (χ0n) is 8.13. The van der Waals surface area contributed by atoms with Crippen LogP contribution in [0.1, 0.15) is 6.42 Å². The van der Waals surface area contributed by atoms with Crippen LogP contribution in [0.15, 0.2) is 41.1 Å². The number of rotatable bonds is 3. The van der Waals surface area contributed by atoms with Gasteiger partial charge in [-0.3, -0.25) is 9.79 Å². The molecule has 1 heterocycles. The van der Waals surface area contributed by atoms with Crippen LogP contribution in [0.4, 0.5) is 0 Å². The number of carboxylic acids is 1. The lowest BCUT2D eigenvalue weighted by molar-refractivity contribution is -0.138. The van der Waals surface area contributed by atoms with Crippen LogP contribution in [0, 0.1) is 5.92 Å². The van der Waals surface area contributed by atoms with Gasteiger partial charge in [0.2, 0.25) is 0 Å². The minimum atomic E-state index is -0.973. The third-order valence-corrected chi connectivity index (χ3v) is 2.55. The summed E-state index contributed by atoms with van der Waals surface area (Å²) in [6.07, 6.45) is 9.87. The molecule has 1 aliphatic carbocycles. The third-order valence-electron chi connectivity index (χ3n) is 2.55. The fourth-order valence-corrected chi connectivity index (χ4v) is 1.73. The fourth-order valence-electron chi connectivity index (χ4n) is 1.73. The van der Waals surface area contributed by atoms with E-state index >= 15 is 0 Å². The summed E-state index contributed by atoms with van der Waals surface area (Å²) in [5, 5.41) is 8.72. The molecule has 2 atom stereocenters.